The van der Waals surface area contributed by atoms with E-state index in [4.69, 9.17) is 5.11 Å². The van der Waals surface area contributed by atoms with Gasteiger partial charge in [0.05, 0.1) is 0 Å². The van der Waals surface area contributed by atoms with Crippen LogP contribution in [0.1, 0.15) is 36.4 Å². The fourth-order valence-electron chi connectivity index (χ4n) is 1.56. The van der Waals surface area contributed by atoms with E-state index in [2.05, 4.69) is 38.2 Å². The molecule has 0 aliphatic heterocycles. The van der Waals surface area contributed by atoms with E-state index in [-0.39, 0.29) is 12.0 Å². The molecule has 0 aliphatic rings. The molecule has 0 bridgehead atoms. The molecule has 0 aliphatic carbocycles. The summed E-state index contributed by atoms with van der Waals surface area (Å²) in [5, 5.41) is 12.6. The third-order valence-corrected chi connectivity index (χ3v) is 3.73. The lowest BCUT2D eigenvalue weighted by Crippen LogP contribution is -2.20. The molecule has 92 valence electrons. The maximum Gasteiger partial charge on any atom is 0.0482 e. The normalized spacial score (nSPS) is 12.0. The van der Waals surface area contributed by atoms with E-state index < -0.39 is 0 Å². The van der Waals surface area contributed by atoms with Crippen molar-refractivity contribution in [3.05, 3.63) is 21.9 Å². The van der Waals surface area contributed by atoms with Gasteiger partial charge in [-0.15, -0.1) is 11.3 Å². The average molecular weight is 241 g/mol. The highest BCUT2D eigenvalue weighted by Gasteiger charge is 2.14. The minimum Gasteiger partial charge on any atom is -0.396 e. The third-order valence-electron chi connectivity index (χ3n) is 2.73. The molecule has 0 spiro atoms. The predicted molar refractivity (Wildman–Crippen MR) is 70.9 cm³/mol. The van der Waals surface area contributed by atoms with E-state index in [1.807, 2.05) is 11.3 Å². The van der Waals surface area contributed by atoms with Crippen LogP contribution in [-0.4, -0.2) is 18.3 Å². The fraction of sp³-hybridized carbons (Fsp3) is 0.692. The molecule has 0 atom stereocenters. The molecule has 0 saturated carbocycles. The molecule has 0 fully saturated rings. The fourth-order valence-corrected chi connectivity index (χ4v) is 2.42. The molecule has 0 aromatic carbocycles. The highest BCUT2D eigenvalue weighted by Crippen LogP contribution is 2.20. The van der Waals surface area contributed by atoms with E-state index in [0.29, 0.717) is 0 Å². The van der Waals surface area contributed by atoms with Gasteiger partial charge in [0.25, 0.3) is 0 Å². The molecule has 0 saturated heterocycles. The average Bonchev–Trinajstić information content (AvgIpc) is 2.64. The molecular formula is C13H23NOS. The number of hydrogen-bond acceptors (Lipinski definition) is 3. The van der Waals surface area contributed by atoms with E-state index in [0.717, 1.165) is 25.9 Å². The van der Waals surface area contributed by atoms with Crippen LogP contribution in [0.3, 0.4) is 0 Å². The van der Waals surface area contributed by atoms with E-state index in [1.165, 1.54) is 9.75 Å². The first-order valence-corrected chi connectivity index (χ1v) is 6.72. The lowest BCUT2D eigenvalue weighted by molar-refractivity contribution is 0.148. The predicted octanol–water partition coefficient (Wildman–Crippen LogP) is 2.94. The number of nitrogens with one attached hydrogen (secondary N) is 1. The molecule has 3 heteroatoms. The second-order valence-electron chi connectivity index (χ2n) is 5.12. The Morgan fingerprint density at radius 1 is 1.38 bits per heavy atom. The van der Waals surface area contributed by atoms with Crippen LogP contribution < -0.4 is 5.32 Å². The van der Waals surface area contributed by atoms with E-state index in [1.54, 1.807) is 0 Å². The van der Waals surface area contributed by atoms with Gasteiger partial charge in [-0.05, 0) is 43.9 Å². The summed E-state index contributed by atoms with van der Waals surface area (Å²) < 4.78 is 0. The Labute approximate surface area is 103 Å². The summed E-state index contributed by atoms with van der Waals surface area (Å²) in [6, 6.07) is 4.35. The molecule has 2 N–H and O–H groups in total. The van der Waals surface area contributed by atoms with Crippen LogP contribution in [0.5, 0.6) is 0 Å². The van der Waals surface area contributed by atoms with Crippen molar-refractivity contribution in [3.8, 4) is 0 Å². The molecule has 16 heavy (non-hydrogen) atoms. The van der Waals surface area contributed by atoms with Gasteiger partial charge >= 0.3 is 0 Å². The lowest BCUT2D eigenvalue weighted by atomic mass is 9.89. The van der Waals surface area contributed by atoms with Gasteiger partial charge in [0.1, 0.15) is 0 Å². The molecular weight excluding hydrogens is 218 g/mol. The van der Waals surface area contributed by atoms with Crippen molar-refractivity contribution in [1.82, 2.24) is 5.32 Å². The van der Waals surface area contributed by atoms with Gasteiger partial charge in [-0.3, -0.25) is 0 Å². The Morgan fingerprint density at radius 2 is 2.12 bits per heavy atom. The maximum absolute atomic E-state index is 9.11. The quantitative estimate of drug-likeness (QED) is 0.719. The number of thiophene rings is 1. The van der Waals surface area contributed by atoms with Crippen molar-refractivity contribution in [1.29, 1.82) is 0 Å². The summed E-state index contributed by atoms with van der Waals surface area (Å²) >= 11 is 1.85. The Kier molecular flexibility index (Phi) is 5.46. The summed E-state index contributed by atoms with van der Waals surface area (Å²) in [6.07, 6.45) is 2.19. The maximum atomic E-state index is 9.11. The number of aliphatic hydroxyl groups excluding tert-OH is 1. The summed E-state index contributed by atoms with van der Waals surface area (Å²) in [4.78, 5) is 2.78. The zero-order valence-corrected chi connectivity index (χ0v) is 11.4. The van der Waals surface area contributed by atoms with Gasteiger partial charge in [0, 0.05) is 22.9 Å². The number of hydrogen-bond donors (Lipinski definition) is 2. The smallest absolute Gasteiger partial charge is 0.0482 e. The first-order valence-electron chi connectivity index (χ1n) is 5.90. The van der Waals surface area contributed by atoms with Crippen LogP contribution in [0.2, 0.25) is 0 Å². The molecule has 1 heterocycles. The summed E-state index contributed by atoms with van der Waals surface area (Å²) in [5.74, 6) is 0. The van der Waals surface area contributed by atoms with Crippen LogP contribution in [-0.2, 0) is 6.54 Å². The topological polar surface area (TPSA) is 32.3 Å². The molecule has 2 nitrogen and oxygen atoms in total. The second-order valence-corrected chi connectivity index (χ2v) is 6.49. The highest BCUT2D eigenvalue weighted by molar-refractivity contribution is 7.11. The minimum atomic E-state index is 0.0706. The zero-order valence-electron chi connectivity index (χ0n) is 10.5. The highest BCUT2D eigenvalue weighted by atomic mass is 32.1. The minimum absolute atomic E-state index is 0.0706. The van der Waals surface area contributed by atoms with Crippen molar-refractivity contribution in [3.63, 3.8) is 0 Å². The van der Waals surface area contributed by atoms with Gasteiger partial charge in [0.2, 0.25) is 0 Å². The largest absolute Gasteiger partial charge is 0.396 e. The van der Waals surface area contributed by atoms with Crippen LogP contribution in [0, 0.1) is 12.3 Å². The lowest BCUT2D eigenvalue weighted by Gasteiger charge is -2.21. The Bertz CT molecular complexity index is 307. The van der Waals surface area contributed by atoms with Gasteiger partial charge in [-0.2, -0.15) is 0 Å². The molecule has 1 rings (SSSR count). The Hall–Kier alpha value is -0.380. The van der Waals surface area contributed by atoms with Gasteiger partial charge in [0.15, 0.2) is 0 Å². The summed E-state index contributed by atoms with van der Waals surface area (Å²) in [6.45, 7) is 8.62. The van der Waals surface area contributed by atoms with E-state index in [9.17, 15) is 0 Å². The van der Waals surface area contributed by atoms with Crippen molar-refractivity contribution in [2.24, 2.45) is 5.41 Å². The van der Waals surface area contributed by atoms with Crippen LogP contribution in [0.25, 0.3) is 0 Å². The Morgan fingerprint density at radius 3 is 2.69 bits per heavy atom. The Balaban J connectivity index is 2.08. The number of rotatable bonds is 7. The first kappa shape index (κ1) is 13.7. The van der Waals surface area contributed by atoms with Crippen molar-refractivity contribution >= 4 is 11.3 Å². The second kappa shape index (κ2) is 6.38. The van der Waals surface area contributed by atoms with Crippen LogP contribution in [0.4, 0.5) is 0 Å². The number of aryl methyl sites for hydroxylation is 1. The zero-order chi connectivity index (χ0) is 12.0. The van der Waals surface area contributed by atoms with Gasteiger partial charge in [-0.1, -0.05) is 13.8 Å². The van der Waals surface area contributed by atoms with Crippen molar-refractivity contribution in [2.75, 3.05) is 13.2 Å². The van der Waals surface area contributed by atoms with Crippen molar-refractivity contribution < 1.29 is 5.11 Å². The molecule has 0 unspecified atom stereocenters. The monoisotopic (exact) mass is 241 g/mol. The van der Waals surface area contributed by atoms with Crippen LogP contribution in [0.15, 0.2) is 12.1 Å². The molecule has 0 radical (unpaired) electrons. The van der Waals surface area contributed by atoms with Gasteiger partial charge < -0.3 is 10.4 Å². The van der Waals surface area contributed by atoms with E-state index >= 15 is 0 Å². The first-order chi connectivity index (χ1) is 7.53. The van der Waals surface area contributed by atoms with Gasteiger partial charge in [-0.25, -0.2) is 0 Å². The van der Waals surface area contributed by atoms with Crippen molar-refractivity contribution in [2.45, 2.75) is 40.2 Å². The summed E-state index contributed by atoms with van der Waals surface area (Å²) in [5.41, 5.74) is 0.0706. The van der Waals surface area contributed by atoms with Crippen LogP contribution >= 0.6 is 11.3 Å². The third kappa shape index (κ3) is 5.10. The standard InChI is InChI=1S/C13H23NOS/c1-11-5-6-12(16-11)9-14-8-4-7-13(2,3)10-15/h5-6,14-15H,4,7-10H2,1-3H3. The SMILES string of the molecule is Cc1ccc(CNCCCC(C)(C)CO)s1. The molecule has 1 aromatic heterocycles. The molecule has 1 aromatic rings. The summed E-state index contributed by atoms with van der Waals surface area (Å²) in [7, 11) is 0. The number of aliphatic hydroxyl groups is 1. The molecule has 0 amide bonds.